The van der Waals surface area contributed by atoms with Crippen molar-refractivity contribution >= 4 is 6.29 Å². The number of rotatable bonds is 4. The number of aliphatic hydroxyl groups excluding tert-OH is 1. The van der Waals surface area contributed by atoms with Crippen molar-refractivity contribution in [2.24, 2.45) is 0 Å². The van der Waals surface area contributed by atoms with E-state index in [-0.39, 0.29) is 13.2 Å². The summed E-state index contributed by atoms with van der Waals surface area (Å²) < 4.78 is 5.17. The Morgan fingerprint density at radius 3 is 2.85 bits per heavy atom. The zero-order valence-corrected chi connectivity index (χ0v) is 7.49. The molecule has 1 rings (SSSR count). The fraction of sp³-hybridized carbons (Fsp3) is 0.300. The van der Waals surface area contributed by atoms with Gasteiger partial charge in [-0.3, -0.25) is 4.79 Å². The quantitative estimate of drug-likeness (QED) is 0.708. The van der Waals surface area contributed by atoms with Gasteiger partial charge in [0.05, 0.1) is 6.61 Å². The number of aldehydes is 1. The van der Waals surface area contributed by atoms with Crippen LogP contribution in [0.4, 0.5) is 0 Å². The van der Waals surface area contributed by atoms with Gasteiger partial charge in [0.2, 0.25) is 0 Å². The number of carbonyl (C=O) groups is 1. The summed E-state index contributed by atoms with van der Waals surface area (Å²) in [6.07, 6.45) is 0.811. The average molecular weight is 180 g/mol. The molecule has 0 fully saturated rings. The van der Waals surface area contributed by atoms with Crippen molar-refractivity contribution in [1.82, 2.24) is 0 Å². The average Bonchev–Trinajstić information content (AvgIpc) is 2.15. The Morgan fingerprint density at radius 1 is 1.54 bits per heavy atom. The molecule has 0 bridgehead atoms. The highest BCUT2D eigenvalue weighted by molar-refractivity contribution is 5.77. The highest BCUT2D eigenvalue weighted by Crippen LogP contribution is 2.15. The molecule has 1 aromatic carbocycles. The van der Waals surface area contributed by atoms with E-state index in [1.807, 2.05) is 6.92 Å². The summed E-state index contributed by atoms with van der Waals surface area (Å²) in [5.41, 5.74) is 1.54. The molecule has 0 unspecified atom stereocenters. The third kappa shape index (κ3) is 2.56. The summed E-state index contributed by atoms with van der Waals surface area (Å²) >= 11 is 0. The molecule has 70 valence electrons. The summed E-state index contributed by atoms with van der Waals surface area (Å²) in [5.74, 6) is 0.678. The van der Waals surface area contributed by atoms with Crippen molar-refractivity contribution < 1.29 is 14.6 Å². The lowest BCUT2D eigenvalue weighted by atomic mass is 10.1. The summed E-state index contributed by atoms with van der Waals surface area (Å²) in [6.45, 7) is 2.11. The lowest BCUT2D eigenvalue weighted by Crippen LogP contribution is -2.02. The van der Waals surface area contributed by atoms with Crippen molar-refractivity contribution in [3.8, 4) is 5.75 Å². The van der Waals surface area contributed by atoms with E-state index in [2.05, 4.69) is 0 Å². The molecule has 3 nitrogen and oxygen atoms in total. The summed E-state index contributed by atoms with van der Waals surface area (Å²) in [6, 6.07) is 5.20. The van der Waals surface area contributed by atoms with Crippen LogP contribution in [0.2, 0.25) is 0 Å². The number of hydrogen-bond acceptors (Lipinski definition) is 3. The smallest absolute Gasteiger partial charge is 0.150 e. The first-order valence-corrected chi connectivity index (χ1v) is 4.07. The molecule has 0 aromatic heterocycles. The second-order valence-corrected chi connectivity index (χ2v) is 2.71. The minimum atomic E-state index is -0.00548. The van der Waals surface area contributed by atoms with Gasteiger partial charge in [-0.2, -0.15) is 0 Å². The molecule has 0 heterocycles. The van der Waals surface area contributed by atoms with Crippen LogP contribution in [-0.2, 0) is 0 Å². The molecule has 0 atom stereocenters. The first-order valence-electron chi connectivity index (χ1n) is 4.07. The zero-order chi connectivity index (χ0) is 9.68. The molecule has 0 aliphatic heterocycles. The Morgan fingerprint density at radius 2 is 2.31 bits per heavy atom. The van der Waals surface area contributed by atoms with E-state index in [0.717, 1.165) is 11.8 Å². The normalized spacial score (nSPS) is 9.69. The molecule has 0 aliphatic rings. The highest BCUT2D eigenvalue weighted by atomic mass is 16.5. The lowest BCUT2D eigenvalue weighted by Gasteiger charge is -2.05. The van der Waals surface area contributed by atoms with Crippen LogP contribution in [0, 0.1) is 6.92 Å². The molecular formula is C10H12O3. The fourth-order valence-electron chi connectivity index (χ4n) is 1.03. The minimum Gasteiger partial charge on any atom is -0.491 e. The maximum absolute atomic E-state index is 10.5. The topological polar surface area (TPSA) is 46.5 Å². The number of benzene rings is 1. The molecule has 0 saturated heterocycles. The van der Waals surface area contributed by atoms with Crippen molar-refractivity contribution in [2.45, 2.75) is 6.92 Å². The molecule has 0 aliphatic carbocycles. The first-order chi connectivity index (χ1) is 6.27. The Labute approximate surface area is 77.0 Å². The van der Waals surface area contributed by atoms with Gasteiger partial charge >= 0.3 is 0 Å². The van der Waals surface area contributed by atoms with E-state index in [9.17, 15) is 4.79 Å². The largest absolute Gasteiger partial charge is 0.491 e. The van der Waals surface area contributed by atoms with Crippen molar-refractivity contribution in [1.29, 1.82) is 0 Å². The predicted octanol–water partition coefficient (Wildman–Crippen LogP) is 1.18. The Hall–Kier alpha value is -1.35. The Balaban J connectivity index is 2.77. The molecule has 0 spiro atoms. The van der Waals surface area contributed by atoms with Crippen molar-refractivity contribution in [3.05, 3.63) is 29.3 Å². The third-order valence-corrected chi connectivity index (χ3v) is 1.73. The maximum Gasteiger partial charge on any atom is 0.150 e. The predicted molar refractivity (Wildman–Crippen MR) is 49.1 cm³/mol. The summed E-state index contributed by atoms with van der Waals surface area (Å²) in [4.78, 5) is 10.5. The van der Waals surface area contributed by atoms with Crippen LogP contribution in [0.25, 0.3) is 0 Å². The third-order valence-electron chi connectivity index (χ3n) is 1.73. The standard InChI is InChI=1S/C10H12O3/c1-8-6-10(13-5-4-11)3-2-9(8)7-12/h2-3,6-7,11H,4-5H2,1H3. The van der Waals surface area contributed by atoms with Gasteiger partial charge in [-0.15, -0.1) is 0 Å². The number of aliphatic hydroxyl groups is 1. The second-order valence-electron chi connectivity index (χ2n) is 2.71. The molecule has 13 heavy (non-hydrogen) atoms. The van der Waals surface area contributed by atoms with E-state index in [4.69, 9.17) is 9.84 Å². The number of carbonyl (C=O) groups excluding carboxylic acids is 1. The van der Waals surface area contributed by atoms with Gasteiger partial charge in [-0.25, -0.2) is 0 Å². The summed E-state index contributed by atoms with van der Waals surface area (Å²) in [5, 5.41) is 8.52. The molecule has 0 amide bonds. The summed E-state index contributed by atoms with van der Waals surface area (Å²) in [7, 11) is 0. The van der Waals surface area contributed by atoms with Gasteiger partial charge in [0.1, 0.15) is 18.6 Å². The maximum atomic E-state index is 10.5. The van der Waals surface area contributed by atoms with Crippen molar-refractivity contribution in [3.63, 3.8) is 0 Å². The van der Waals surface area contributed by atoms with Crippen LogP contribution in [0.15, 0.2) is 18.2 Å². The van der Waals surface area contributed by atoms with Crippen LogP contribution >= 0.6 is 0 Å². The number of aryl methyl sites for hydroxylation is 1. The minimum absolute atomic E-state index is 0.00548. The molecule has 1 N–H and O–H groups in total. The van der Waals surface area contributed by atoms with Gasteiger partial charge in [0, 0.05) is 5.56 Å². The van der Waals surface area contributed by atoms with E-state index < -0.39 is 0 Å². The first kappa shape index (κ1) is 9.74. The monoisotopic (exact) mass is 180 g/mol. The zero-order valence-electron chi connectivity index (χ0n) is 7.49. The van der Waals surface area contributed by atoms with Gasteiger partial charge in [0.15, 0.2) is 0 Å². The lowest BCUT2D eigenvalue weighted by molar-refractivity contribution is 0.112. The molecule has 3 heteroatoms. The second kappa shape index (κ2) is 4.62. The highest BCUT2D eigenvalue weighted by Gasteiger charge is 1.98. The molecular weight excluding hydrogens is 168 g/mol. The van der Waals surface area contributed by atoms with Gasteiger partial charge in [-0.05, 0) is 30.7 Å². The SMILES string of the molecule is Cc1cc(OCCO)ccc1C=O. The van der Waals surface area contributed by atoms with E-state index in [1.54, 1.807) is 18.2 Å². The van der Waals surface area contributed by atoms with Crippen LogP contribution in [0.5, 0.6) is 5.75 Å². The molecule has 1 aromatic rings. The van der Waals surface area contributed by atoms with Crippen LogP contribution in [0.3, 0.4) is 0 Å². The van der Waals surface area contributed by atoms with Crippen LogP contribution < -0.4 is 4.74 Å². The van der Waals surface area contributed by atoms with E-state index in [0.29, 0.717) is 11.3 Å². The van der Waals surface area contributed by atoms with Gasteiger partial charge in [0.25, 0.3) is 0 Å². The Kier molecular flexibility index (Phi) is 3.46. The van der Waals surface area contributed by atoms with Gasteiger partial charge in [-0.1, -0.05) is 0 Å². The van der Waals surface area contributed by atoms with Crippen molar-refractivity contribution in [2.75, 3.05) is 13.2 Å². The molecule has 0 radical (unpaired) electrons. The van der Waals surface area contributed by atoms with Crippen LogP contribution in [-0.4, -0.2) is 24.6 Å². The molecule has 0 saturated carbocycles. The fourth-order valence-corrected chi connectivity index (χ4v) is 1.03. The van der Waals surface area contributed by atoms with Gasteiger partial charge < -0.3 is 9.84 Å². The van der Waals surface area contributed by atoms with E-state index in [1.165, 1.54) is 0 Å². The Bertz CT molecular complexity index is 294. The van der Waals surface area contributed by atoms with E-state index >= 15 is 0 Å². The number of hydrogen-bond donors (Lipinski definition) is 1. The van der Waals surface area contributed by atoms with Crippen LogP contribution in [0.1, 0.15) is 15.9 Å². The number of ether oxygens (including phenoxy) is 1.